The van der Waals surface area contributed by atoms with Crippen molar-refractivity contribution in [1.29, 1.82) is 0 Å². The van der Waals surface area contributed by atoms with Gasteiger partial charge in [-0.1, -0.05) is 12.1 Å². The predicted octanol–water partition coefficient (Wildman–Crippen LogP) is 4.14. The molecule has 10 heteroatoms. The average Bonchev–Trinajstić information content (AvgIpc) is 3.11. The van der Waals surface area contributed by atoms with Crippen molar-refractivity contribution < 1.29 is 22.7 Å². The predicted molar refractivity (Wildman–Crippen MR) is 128 cm³/mol. The van der Waals surface area contributed by atoms with Gasteiger partial charge in [0.2, 0.25) is 11.8 Å². The number of hydrogen-bond acceptors (Lipinski definition) is 5. The average molecular weight is 492 g/mol. The highest BCUT2D eigenvalue weighted by molar-refractivity contribution is 5.86. The van der Waals surface area contributed by atoms with Gasteiger partial charge in [0, 0.05) is 38.8 Å². The van der Waals surface area contributed by atoms with Crippen LogP contribution in [0.5, 0.6) is 5.88 Å². The summed E-state index contributed by atoms with van der Waals surface area (Å²) < 4.78 is 46.6. The van der Waals surface area contributed by atoms with Crippen molar-refractivity contribution in [2.45, 2.75) is 39.4 Å². The second-order valence-electron chi connectivity index (χ2n) is 8.95. The molecular formula is C25H32F3N5O2. The van der Waals surface area contributed by atoms with E-state index in [4.69, 9.17) is 4.74 Å². The number of likely N-dealkylation sites (N-methyl/N-ethyl adjacent to an activating group) is 1. The summed E-state index contributed by atoms with van der Waals surface area (Å²) >= 11 is 0. The minimum absolute atomic E-state index is 0.113. The highest BCUT2D eigenvalue weighted by Gasteiger charge is 2.30. The summed E-state index contributed by atoms with van der Waals surface area (Å²) in [6.45, 7) is 4.99. The fraction of sp³-hybridized carbons (Fsp3) is 0.480. The van der Waals surface area contributed by atoms with Crippen LogP contribution in [0.15, 0.2) is 24.3 Å². The Morgan fingerprint density at radius 3 is 2.51 bits per heavy atom. The summed E-state index contributed by atoms with van der Waals surface area (Å²) in [6.07, 6.45) is -3.76. The van der Waals surface area contributed by atoms with Crippen LogP contribution in [0.1, 0.15) is 34.4 Å². The zero-order valence-electron chi connectivity index (χ0n) is 21.0. The SMILES string of the molecule is COc1nn(C)c2nc(C)c(CCC(=O)N(CCN(C)C)Cc3cccc(C(F)(F)F)c3)c(C)c12. The molecule has 190 valence electrons. The van der Waals surface area contributed by atoms with E-state index < -0.39 is 11.7 Å². The van der Waals surface area contributed by atoms with E-state index >= 15 is 0 Å². The van der Waals surface area contributed by atoms with E-state index in [9.17, 15) is 18.0 Å². The lowest BCUT2D eigenvalue weighted by atomic mass is 9.99. The van der Waals surface area contributed by atoms with E-state index in [1.807, 2.05) is 32.8 Å². The van der Waals surface area contributed by atoms with Crippen molar-refractivity contribution in [1.82, 2.24) is 24.6 Å². The molecule has 0 aliphatic rings. The lowest BCUT2D eigenvalue weighted by Gasteiger charge is -2.25. The Hall–Kier alpha value is -3.14. The molecule has 7 nitrogen and oxygen atoms in total. The van der Waals surface area contributed by atoms with Gasteiger partial charge in [0.15, 0.2) is 5.65 Å². The van der Waals surface area contributed by atoms with Crippen LogP contribution in [0.25, 0.3) is 11.0 Å². The number of aromatic nitrogens is 3. The molecule has 3 aromatic rings. The molecule has 0 N–H and O–H groups in total. The molecule has 2 aromatic heterocycles. The van der Waals surface area contributed by atoms with Crippen molar-refractivity contribution in [2.75, 3.05) is 34.3 Å². The monoisotopic (exact) mass is 491 g/mol. The number of fused-ring (bicyclic) bond motifs is 1. The quantitative estimate of drug-likeness (QED) is 0.450. The normalized spacial score (nSPS) is 11.9. The minimum Gasteiger partial charge on any atom is -0.479 e. The number of ether oxygens (including phenoxy) is 1. The highest BCUT2D eigenvalue weighted by atomic mass is 19.4. The van der Waals surface area contributed by atoms with E-state index in [1.54, 1.807) is 29.8 Å². The van der Waals surface area contributed by atoms with Gasteiger partial charge in [-0.2, -0.15) is 13.2 Å². The van der Waals surface area contributed by atoms with Gasteiger partial charge in [-0.05, 0) is 63.2 Å². The fourth-order valence-electron chi connectivity index (χ4n) is 4.18. The Labute approximate surface area is 203 Å². The van der Waals surface area contributed by atoms with E-state index in [0.29, 0.717) is 36.6 Å². The molecule has 3 rings (SSSR count). The zero-order chi connectivity index (χ0) is 25.9. The minimum atomic E-state index is -4.43. The van der Waals surface area contributed by atoms with Gasteiger partial charge < -0.3 is 14.5 Å². The van der Waals surface area contributed by atoms with Crippen LogP contribution in [0.2, 0.25) is 0 Å². The van der Waals surface area contributed by atoms with Crippen LogP contribution in [0.3, 0.4) is 0 Å². The topological polar surface area (TPSA) is 63.5 Å². The lowest BCUT2D eigenvalue weighted by molar-refractivity contribution is -0.137. The maximum atomic E-state index is 13.3. The number of rotatable bonds is 9. The van der Waals surface area contributed by atoms with Crippen molar-refractivity contribution in [3.05, 3.63) is 52.2 Å². The number of halogens is 3. The molecule has 1 amide bonds. The Morgan fingerprint density at radius 1 is 1.17 bits per heavy atom. The Balaban J connectivity index is 1.82. The Kier molecular flexibility index (Phi) is 8.04. The van der Waals surface area contributed by atoms with Crippen LogP contribution in [-0.4, -0.2) is 64.8 Å². The van der Waals surface area contributed by atoms with Gasteiger partial charge in [-0.15, -0.1) is 5.10 Å². The third-order valence-corrected chi connectivity index (χ3v) is 6.10. The smallest absolute Gasteiger partial charge is 0.416 e. The highest BCUT2D eigenvalue weighted by Crippen LogP contribution is 2.31. The van der Waals surface area contributed by atoms with E-state index in [2.05, 4.69) is 10.1 Å². The molecule has 0 saturated carbocycles. The number of methoxy groups -OCH3 is 1. The van der Waals surface area contributed by atoms with Gasteiger partial charge in [0.25, 0.3) is 0 Å². The lowest BCUT2D eigenvalue weighted by Crippen LogP contribution is -2.36. The maximum absolute atomic E-state index is 13.3. The van der Waals surface area contributed by atoms with Crippen LogP contribution in [0.4, 0.5) is 13.2 Å². The first-order valence-electron chi connectivity index (χ1n) is 11.4. The summed E-state index contributed by atoms with van der Waals surface area (Å²) in [7, 11) is 7.14. The van der Waals surface area contributed by atoms with Crippen molar-refractivity contribution in [3.8, 4) is 5.88 Å². The van der Waals surface area contributed by atoms with Crippen LogP contribution in [0, 0.1) is 13.8 Å². The summed E-state index contributed by atoms with van der Waals surface area (Å²) in [6, 6.07) is 5.14. The second kappa shape index (κ2) is 10.6. The molecule has 0 unspecified atom stereocenters. The van der Waals surface area contributed by atoms with Crippen molar-refractivity contribution >= 4 is 16.9 Å². The van der Waals surface area contributed by atoms with Crippen LogP contribution >= 0.6 is 0 Å². The van der Waals surface area contributed by atoms with E-state index in [-0.39, 0.29) is 18.9 Å². The largest absolute Gasteiger partial charge is 0.479 e. The number of pyridine rings is 1. The molecule has 0 fully saturated rings. The molecule has 0 atom stereocenters. The molecule has 0 aliphatic carbocycles. The first-order valence-corrected chi connectivity index (χ1v) is 11.4. The van der Waals surface area contributed by atoms with Gasteiger partial charge in [-0.3, -0.25) is 4.79 Å². The molecule has 0 radical (unpaired) electrons. The van der Waals surface area contributed by atoms with Crippen LogP contribution < -0.4 is 4.74 Å². The first kappa shape index (κ1) is 26.5. The van der Waals surface area contributed by atoms with Crippen molar-refractivity contribution in [3.63, 3.8) is 0 Å². The summed E-state index contributed by atoms with van der Waals surface area (Å²) in [5.74, 6) is 0.360. The Morgan fingerprint density at radius 2 is 1.89 bits per heavy atom. The molecule has 0 spiro atoms. The molecule has 2 heterocycles. The second-order valence-corrected chi connectivity index (χ2v) is 8.95. The molecular weight excluding hydrogens is 459 g/mol. The van der Waals surface area contributed by atoms with Crippen LogP contribution in [-0.2, 0) is 31.0 Å². The van der Waals surface area contributed by atoms with Gasteiger partial charge in [0.05, 0.1) is 18.1 Å². The third-order valence-electron chi connectivity index (χ3n) is 6.10. The summed E-state index contributed by atoms with van der Waals surface area (Å²) in [5, 5.41) is 5.17. The number of amides is 1. The number of hydrogen-bond donors (Lipinski definition) is 0. The number of carbonyl (C=O) groups excluding carboxylic acids is 1. The zero-order valence-corrected chi connectivity index (χ0v) is 21.0. The standard InChI is InChI=1S/C25H32F3N5O2/c1-16-20(17(2)29-23-22(16)24(35-6)30-32(23)5)10-11-21(34)33(13-12-31(3)4)15-18-8-7-9-19(14-18)25(26,27)28/h7-9,14H,10-13,15H2,1-6H3. The fourth-order valence-corrected chi connectivity index (χ4v) is 4.18. The number of aryl methyl sites for hydroxylation is 3. The van der Waals surface area contributed by atoms with E-state index in [0.717, 1.165) is 34.3 Å². The van der Waals surface area contributed by atoms with Gasteiger partial charge in [-0.25, -0.2) is 9.67 Å². The van der Waals surface area contributed by atoms with E-state index in [1.165, 1.54) is 6.07 Å². The molecule has 35 heavy (non-hydrogen) atoms. The molecule has 0 saturated heterocycles. The van der Waals surface area contributed by atoms with Gasteiger partial charge in [0.1, 0.15) is 0 Å². The molecule has 1 aromatic carbocycles. The summed E-state index contributed by atoms with van der Waals surface area (Å²) in [5.41, 5.74) is 3.16. The maximum Gasteiger partial charge on any atom is 0.416 e. The number of carbonyl (C=O) groups is 1. The molecule has 0 bridgehead atoms. The number of benzene rings is 1. The summed E-state index contributed by atoms with van der Waals surface area (Å²) in [4.78, 5) is 21.5. The van der Waals surface area contributed by atoms with Crippen molar-refractivity contribution in [2.24, 2.45) is 7.05 Å². The third kappa shape index (κ3) is 6.11. The molecule has 0 aliphatic heterocycles. The number of alkyl halides is 3. The number of nitrogens with zero attached hydrogens (tertiary/aromatic N) is 5. The Bertz CT molecular complexity index is 1200. The van der Waals surface area contributed by atoms with Gasteiger partial charge >= 0.3 is 6.18 Å². The first-order chi connectivity index (χ1) is 16.4.